The number of esters is 1. The third kappa shape index (κ3) is 4.31. The number of benzene rings is 1. The van der Waals surface area contributed by atoms with Gasteiger partial charge in [-0.3, -0.25) is 9.59 Å². The van der Waals surface area contributed by atoms with E-state index in [1.807, 2.05) is 52.0 Å². The Morgan fingerprint density at radius 1 is 1.19 bits per heavy atom. The number of ether oxygens (including phenoxy) is 1. The van der Waals surface area contributed by atoms with Gasteiger partial charge in [0.15, 0.2) is 0 Å². The number of carbonyl (C=O) groups is 2. The number of aryl methyl sites for hydroxylation is 1. The van der Waals surface area contributed by atoms with E-state index in [1.165, 1.54) is 4.90 Å². The average Bonchev–Trinajstić information content (AvgIpc) is 2.37. The maximum atomic E-state index is 12.7. The zero-order valence-electron chi connectivity index (χ0n) is 13.8. The van der Waals surface area contributed by atoms with Crippen LogP contribution in [0, 0.1) is 18.3 Å². The molecule has 0 bridgehead atoms. The number of amides is 1. The molecule has 0 aliphatic carbocycles. The minimum absolute atomic E-state index is 0.246. The van der Waals surface area contributed by atoms with Crippen molar-refractivity contribution in [3.8, 4) is 0 Å². The van der Waals surface area contributed by atoms with Crippen molar-refractivity contribution >= 4 is 17.6 Å². The summed E-state index contributed by atoms with van der Waals surface area (Å²) in [5.74, 6) is -1.53. The molecule has 1 rings (SSSR count). The fourth-order valence-electron chi connectivity index (χ4n) is 2.14. The summed E-state index contributed by atoms with van der Waals surface area (Å²) in [5, 5.41) is 0. The van der Waals surface area contributed by atoms with Crippen LogP contribution in [0.4, 0.5) is 5.69 Å². The highest BCUT2D eigenvalue weighted by molar-refractivity contribution is 6.06. The highest BCUT2D eigenvalue weighted by Gasteiger charge is 2.40. The Balaban J connectivity index is 3.05. The van der Waals surface area contributed by atoms with Gasteiger partial charge >= 0.3 is 5.97 Å². The van der Waals surface area contributed by atoms with Crippen molar-refractivity contribution in [1.29, 1.82) is 0 Å². The summed E-state index contributed by atoms with van der Waals surface area (Å²) < 4.78 is 5.07. The molecule has 1 unspecified atom stereocenters. The Kier molecular flexibility index (Phi) is 5.53. The van der Waals surface area contributed by atoms with Crippen LogP contribution in [0.3, 0.4) is 0 Å². The Bertz CT molecular complexity index is 500. The van der Waals surface area contributed by atoms with Crippen molar-refractivity contribution in [3.63, 3.8) is 0 Å². The van der Waals surface area contributed by atoms with Crippen molar-refractivity contribution in [2.45, 2.75) is 34.6 Å². The molecular formula is C17H25NO3. The molecule has 4 nitrogen and oxygen atoms in total. The largest absolute Gasteiger partial charge is 0.465 e. The van der Waals surface area contributed by atoms with E-state index in [-0.39, 0.29) is 12.5 Å². The van der Waals surface area contributed by atoms with Crippen LogP contribution in [0.1, 0.15) is 33.3 Å². The first-order valence-corrected chi connectivity index (χ1v) is 7.19. The van der Waals surface area contributed by atoms with Crippen molar-refractivity contribution in [2.24, 2.45) is 11.3 Å². The molecule has 116 valence electrons. The second kappa shape index (κ2) is 6.74. The average molecular weight is 291 g/mol. The molecule has 0 N–H and O–H groups in total. The van der Waals surface area contributed by atoms with Crippen molar-refractivity contribution in [1.82, 2.24) is 0 Å². The molecule has 4 heteroatoms. The first-order chi connectivity index (χ1) is 9.68. The lowest BCUT2D eigenvalue weighted by Crippen LogP contribution is -2.44. The molecule has 0 fully saturated rings. The minimum atomic E-state index is -0.816. The molecule has 0 aliphatic heterocycles. The first-order valence-electron chi connectivity index (χ1n) is 7.19. The third-order valence-corrected chi connectivity index (χ3v) is 3.39. The predicted molar refractivity (Wildman–Crippen MR) is 84.2 cm³/mol. The van der Waals surface area contributed by atoms with Crippen LogP contribution in [-0.4, -0.2) is 25.5 Å². The third-order valence-electron chi connectivity index (χ3n) is 3.39. The van der Waals surface area contributed by atoms with Gasteiger partial charge in [-0.1, -0.05) is 38.5 Å². The van der Waals surface area contributed by atoms with Gasteiger partial charge in [-0.05, 0) is 31.4 Å². The van der Waals surface area contributed by atoms with Gasteiger partial charge in [0.1, 0.15) is 5.92 Å². The highest BCUT2D eigenvalue weighted by Crippen LogP contribution is 2.30. The summed E-state index contributed by atoms with van der Waals surface area (Å²) >= 11 is 0. The van der Waals surface area contributed by atoms with Gasteiger partial charge in [0.05, 0.1) is 6.61 Å². The monoisotopic (exact) mass is 291 g/mol. The summed E-state index contributed by atoms with van der Waals surface area (Å²) in [6.45, 7) is 9.61. The van der Waals surface area contributed by atoms with E-state index in [1.54, 1.807) is 14.0 Å². The van der Waals surface area contributed by atoms with Crippen molar-refractivity contribution in [2.75, 3.05) is 18.6 Å². The van der Waals surface area contributed by atoms with Crippen LogP contribution in [0.5, 0.6) is 0 Å². The number of anilines is 1. The normalized spacial score (nSPS) is 12.7. The van der Waals surface area contributed by atoms with E-state index >= 15 is 0 Å². The van der Waals surface area contributed by atoms with Gasteiger partial charge in [0.2, 0.25) is 5.91 Å². The SMILES string of the molecule is CCOC(=O)C(C(=O)N(C)c1ccc(C)cc1)C(C)(C)C. The lowest BCUT2D eigenvalue weighted by Gasteiger charge is -2.31. The molecule has 0 radical (unpaired) electrons. The number of carbonyl (C=O) groups excluding carboxylic acids is 2. The molecule has 0 aromatic heterocycles. The summed E-state index contributed by atoms with van der Waals surface area (Å²) in [6, 6.07) is 7.63. The van der Waals surface area contributed by atoms with Gasteiger partial charge < -0.3 is 9.64 Å². The van der Waals surface area contributed by atoms with Crippen LogP contribution in [0.25, 0.3) is 0 Å². The number of nitrogens with zero attached hydrogens (tertiary/aromatic N) is 1. The van der Waals surface area contributed by atoms with E-state index in [9.17, 15) is 9.59 Å². The van der Waals surface area contributed by atoms with E-state index in [2.05, 4.69) is 0 Å². The van der Waals surface area contributed by atoms with Crippen LogP contribution >= 0.6 is 0 Å². The minimum Gasteiger partial charge on any atom is -0.465 e. The summed E-state index contributed by atoms with van der Waals surface area (Å²) in [7, 11) is 1.69. The van der Waals surface area contributed by atoms with Gasteiger partial charge in [-0.15, -0.1) is 0 Å². The van der Waals surface area contributed by atoms with Crippen LogP contribution in [-0.2, 0) is 14.3 Å². The predicted octanol–water partition coefficient (Wildman–Crippen LogP) is 3.18. The summed E-state index contributed by atoms with van der Waals surface area (Å²) in [4.78, 5) is 26.4. The molecule has 21 heavy (non-hydrogen) atoms. The fourth-order valence-corrected chi connectivity index (χ4v) is 2.14. The molecule has 0 spiro atoms. The fraction of sp³-hybridized carbons (Fsp3) is 0.529. The number of hydrogen-bond acceptors (Lipinski definition) is 3. The van der Waals surface area contributed by atoms with E-state index in [4.69, 9.17) is 4.74 Å². The standard InChI is InChI=1S/C17H25NO3/c1-7-21-16(20)14(17(3,4)5)15(19)18(6)13-10-8-12(2)9-11-13/h8-11,14H,7H2,1-6H3. The van der Waals surface area contributed by atoms with Gasteiger partial charge in [-0.25, -0.2) is 0 Å². The van der Waals surface area contributed by atoms with Crippen molar-refractivity contribution in [3.05, 3.63) is 29.8 Å². The van der Waals surface area contributed by atoms with Gasteiger partial charge in [0, 0.05) is 12.7 Å². The Labute approximate surface area is 127 Å². The molecular weight excluding hydrogens is 266 g/mol. The topological polar surface area (TPSA) is 46.6 Å². The molecule has 0 aliphatic rings. The zero-order chi connectivity index (χ0) is 16.2. The van der Waals surface area contributed by atoms with Crippen molar-refractivity contribution < 1.29 is 14.3 Å². The second-order valence-corrected chi connectivity index (χ2v) is 6.28. The molecule has 1 aromatic rings. The lowest BCUT2D eigenvalue weighted by molar-refractivity contribution is -0.155. The molecule has 0 saturated heterocycles. The zero-order valence-corrected chi connectivity index (χ0v) is 13.8. The Hall–Kier alpha value is -1.84. The summed E-state index contributed by atoms with van der Waals surface area (Å²) in [5.41, 5.74) is 1.39. The molecule has 1 amide bonds. The Morgan fingerprint density at radius 2 is 1.71 bits per heavy atom. The quantitative estimate of drug-likeness (QED) is 0.632. The van der Waals surface area contributed by atoms with Crippen LogP contribution in [0.2, 0.25) is 0 Å². The van der Waals surface area contributed by atoms with Crippen LogP contribution < -0.4 is 4.90 Å². The molecule has 1 atom stereocenters. The maximum Gasteiger partial charge on any atom is 0.319 e. The van der Waals surface area contributed by atoms with E-state index < -0.39 is 17.3 Å². The smallest absolute Gasteiger partial charge is 0.319 e. The maximum absolute atomic E-state index is 12.7. The molecule has 0 saturated carbocycles. The van der Waals surface area contributed by atoms with Crippen LogP contribution in [0.15, 0.2) is 24.3 Å². The van der Waals surface area contributed by atoms with Gasteiger partial charge in [0.25, 0.3) is 0 Å². The Morgan fingerprint density at radius 3 is 2.14 bits per heavy atom. The lowest BCUT2D eigenvalue weighted by atomic mass is 9.79. The number of rotatable bonds is 4. The van der Waals surface area contributed by atoms with E-state index in [0.29, 0.717) is 0 Å². The van der Waals surface area contributed by atoms with E-state index in [0.717, 1.165) is 11.3 Å². The molecule has 1 aromatic carbocycles. The van der Waals surface area contributed by atoms with Gasteiger partial charge in [-0.2, -0.15) is 0 Å². The summed E-state index contributed by atoms with van der Waals surface area (Å²) in [6.07, 6.45) is 0. The first kappa shape index (κ1) is 17.2. The number of hydrogen-bond donors (Lipinski definition) is 0. The molecule has 0 heterocycles. The highest BCUT2D eigenvalue weighted by atomic mass is 16.5. The second-order valence-electron chi connectivity index (χ2n) is 6.28.